The number of nitrogens with zero attached hydrogens (tertiary/aromatic N) is 3. The number of carbonyl (C=O) groups excluding carboxylic acids is 3. The normalized spacial score (nSPS) is 25.8. The van der Waals surface area contributed by atoms with Gasteiger partial charge in [0.05, 0.1) is 7.11 Å². The molecular weight excluding hydrogens is 372 g/mol. The van der Waals surface area contributed by atoms with E-state index in [1.807, 2.05) is 60.7 Å². The van der Waals surface area contributed by atoms with Crippen LogP contribution in [0.3, 0.4) is 0 Å². The largest absolute Gasteiger partial charge is 0.468 e. The van der Waals surface area contributed by atoms with E-state index in [0.29, 0.717) is 5.56 Å². The Balaban J connectivity index is 2.07. The van der Waals surface area contributed by atoms with Crippen LogP contribution >= 0.6 is 0 Å². The van der Waals surface area contributed by atoms with E-state index in [1.165, 1.54) is 21.8 Å². The van der Waals surface area contributed by atoms with Crippen LogP contribution in [0.2, 0.25) is 0 Å². The van der Waals surface area contributed by atoms with Crippen molar-refractivity contribution in [3.05, 3.63) is 71.8 Å². The molecule has 2 aliphatic heterocycles. The Kier molecular flexibility index (Phi) is 4.22. The number of esters is 1. The molecule has 2 aromatic carbocycles. The van der Waals surface area contributed by atoms with Gasteiger partial charge in [0.2, 0.25) is 0 Å². The molecular formula is C21H22N4O4. The van der Waals surface area contributed by atoms with Crippen molar-refractivity contribution >= 4 is 18.0 Å². The Hall–Kier alpha value is -3.55. The standard InChI is InChI=1S/C21H22N4O4/c1-23-19(28)24(2)21(16-12-8-5-9-13-16)20(23,15-10-6-4-7-11-15)22-18(27)25(21)14-17(26)29-3/h4-13H,14H2,1-3H3,(H,22,27)/t20-,21-/m0/s1. The van der Waals surface area contributed by atoms with Gasteiger partial charge in [0.15, 0.2) is 11.3 Å². The van der Waals surface area contributed by atoms with E-state index in [2.05, 4.69) is 5.32 Å². The molecule has 1 N–H and O–H groups in total. The topological polar surface area (TPSA) is 82.2 Å². The summed E-state index contributed by atoms with van der Waals surface area (Å²) in [5.41, 5.74) is -1.12. The first-order valence-corrected chi connectivity index (χ1v) is 9.20. The molecule has 0 aliphatic carbocycles. The second-order valence-corrected chi connectivity index (χ2v) is 7.11. The lowest BCUT2D eigenvalue weighted by Crippen LogP contribution is -2.62. The van der Waals surface area contributed by atoms with Crippen molar-refractivity contribution in [3.63, 3.8) is 0 Å². The van der Waals surface area contributed by atoms with Gasteiger partial charge in [-0.25, -0.2) is 9.59 Å². The third-order valence-corrected chi connectivity index (χ3v) is 5.87. The van der Waals surface area contributed by atoms with Gasteiger partial charge in [0, 0.05) is 25.2 Å². The van der Waals surface area contributed by atoms with Crippen LogP contribution in [0.5, 0.6) is 0 Å². The number of urea groups is 2. The number of hydrogen-bond acceptors (Lipinski definition) is 4. The molecule has 4 amide bonds. The number of fused-ring (bicyclic) bond motifs is 1. The van der Waals surface area contributed by atoms with Crippen molar-refractivity contribution in [2.45, 2.75) is 11.3 Å². The van der Waals surface area contributed by atoms with Crippen molar-refractivity contribution in [1.82, 2.24) is 20.0 Å². The Morgan fingerprint density at radius 3 is 2.03 bits per heavy atom. The minimum Gasteiger partial charge on any atom is -0.468 e. The van der Waals surface area contributed by atoms with Crippen LogP contribution in [-0.4, -0.2) is 60.5 Å². The Morgan fingerprint density at radius 1 is 0.931 bits per heavy atom. The number of methoxy groups -OCH3 is 1. The molecule has 2 heterocycles. The summed E-state index contributed by atoms with van der Waals surface area (Å²) in [7, 11) is 4.56. The first-order chi connectivity index (χ1) is 13.9. The minimum absolute atomic E-state index is 0.285. The molecule has 0 aromatic heterocycles. The summed E-state index contributed by atoms with van der Waals surface area (Å²) in [6, 6.07) is 17.8. The fourth-order valence-electron chi connectivity index (χ4n) is 4.66. The van der Waals surface area contributed by atoms with Gasteiger partial charge in [0.1, 0.15) is 6.54 Å². The maximum atomic E-state index is 13.2. The lowest BCUT2D eigenvalue weighted by molar-refractivity contribution is -0.144. The summed E-state index contributed by atoms with van der Waals surface area (Å²) in [4.78, 5) is 43.1. The molecule has 0 bridgehead atoms. The number of amides is 4. The Labute approximate surface area is 168 Å². The van der Waals surface area contributed by atoms with Crippen LogP contribution in [-0.2, 0) is 20.9 Å². The quantitative estimate of drug-likeness (QED) is 0.803. The average molecular weight is 394 g/mol. The number of rotatable bonds is 4. The SMILES string of the molecule is COC(=O)CN1C(=O)N[C@@]2(c3ccccc3)N(C)C(=O)N(C)[C@@]12c1ccccc1. The molecule has 8 heteroatoms. The number of ether oxygens (including phenoxy) is 1. The number of benzene rings is 2. The summed E-state index contributed by atoms with van der Waals surface area (Å²) in [6.45, 7) is -0.308. The van der Waals surface area contributed by atoms with Gasteiger partial charge in [-0.3, -0.25) is 19.5 Å². The molecule has 2 saturated heterocycles. The van der Waals surface area contributed by atoms with Gasteiger partial charge in [-0.1, -0.05) is 60.7 Å². The van der Waals surface area contributed by atoms with Crippen LogP contribution in [0.4, 0.5) is 9.59 Å². The van der Waals surface area contributed by atoms with Gasteiger partial charge in [-0.2, -0.15) is 0 Å². The molecule has 0 radical (unpaired) electrons. The number of carbonyl (C=O) groups is 3. The highest BCUT2D eigenvalue weighted by molar-refractivity contribution is 5.91. The smallest absolute Gasteiger partial charge is 0.325 e. The van der Waals surface area contributed by atoms with Gasteiger partial charge in [-0.15, -0.1) is 0 Å². The highest BCUT2D eigenvalue weighted by atomic mass is 16.5. The van der Waals surface area contributed by atoms with Crippen LogP contribution in [0.15, 0.2) is 60.7 Å². The Bertz CT molecular complexity index is 967. The molecule has 4 rings (SSSR count). The van der Waals surface area contributed by atoms with E-state index >= 15 is 0 Å². The fourth-order valence-corrected chi connectivity index (χ4v) is 4.66. The summed E-state index contributed by atoms with van der Waals surface area (Å²) < 4.78 is 4.84. The van der Waals surface area contributed by atoms with E-state index in [1.54, 1.807) is 14.1 Å². The van der Waals surface area contributed by atoms with Crippen molar-refractivity contribution < 1.29 is 19.1 Å². The van der Waals surface area contributed by atoms with Gasteiger partial charge in [0.25, 0.3) is 0 Å². The van der Waals surface area contributed by atoms with E-state index in [0.717, 1.165) is 5.56 Å². The first kappa shape index (κ1) is 18.8. The van der Waals surface area contributed by atoms with Gasteiger partial charge < -0.3 is 10.1 Å². The molecule has 2 aliphatic rings. The monoisotopic (exact) mass is 394 g/mol. The predicted octanol–water partition coefficient (Wildman–Crippen LogP) is 1.89. The third kappa shape index (κ3) is 2.22. The van der Waals surface area contributed by atoms with E-state index in [4.69, 9.17) is 4.74 Å². The van der Waals surface area contributed by atoms with Gasteiger partial charge in [-0.05, 0) is 0 Å². The number of nitrogens with one attached hydrogen (secondary N) is 1. The van der Waals surface area contributed by atoms with Crippen molar-refractivity contribution in [2.24, 2.45) is 0 Å². The number of hydrogen-bond donors (Lipinski definition) is 1. The average Bonchev–Trinajstić information content (AvgIpc) is 3.11. The molecule has 0 spiro atoms. The molecule has 29 heavy (non-hydrogen) atoms. The van der Waals surface area contributed by atoms with Crippen LogP contribution in [0.25, 0.3) is 0 Å². The Morgan fingerprint density at radius 2 is 1.48 bits per heavy atom. The maximum Gasteiger partial charge on any atom is 0.325 e. The molecule has 2 fully saturated rings. The van der Waals surface area contributed by atoms with Crippen LogP contribution in [0, 0.1) is 0 Å². The van der Waals surface area contributed by atoms with E-state index < -0.39 is 23.3 Å². The van der Waals surface area contributed by atoms with Crippen LogP contribution in [0.1, 0.15) is 11.1 Å². The zero-order valence-electron chi connectivity index (χ0n) is 16.5. The second kappa shape index (κ2) is 6.51. The van der Waals surface area contributed by atoms with Gasteiger partial charge >= 0.3 is 18.0 Å². The molecule has 2 atom stereocenters. The van der Waals surface area contributed by atoms with Crippen molar-refractivity contribution in [3.8, 4) is 0 Å². The third-order valence-electron chi connectivity index (χ3n) is 5.87. The minimum atomic E-state index is -1.30. The predicted molar refractivity (Wildman–Crippen MR) is 104 cm³/mol. The highest BCUT2D eigenvalue weighted by Gasteiger charge is 2.75. The summed E-state index contributed by atoms with van der Waals surface area (Å²) in [5, 5.41) is 3.02. The maximum absolute atomic E-state index is 13.2. The first-order valence-electron chi connectivity index (χ1n) is 9.20. The molecule has 0 saturated carbocycles. The lowest BCUT2D eigenvalue weighted by atomic mass is 9.80. The zero-order chi connectivity index (χ0) is 20.8. The number of likely N-dealkylation sites (N-methyl/N-ethyl adjacent to an activating group) is 2. The second-order valence-electron chi connectivity index (χ2n) is 7.11. The zero-order valence-corrected chi connectivity index (χ0v) is 16.5. The summed E-state index contributed by atoms with van der Waals surface area (Å²) in [6.07, 6.45) is 0. The highest BCUT2D eigenvalue weighted by Crippen LogP contribution is 2.56. The molecule has 2 aromatic rings. The van der Waals surface area contributed by atoms with E-state index in [9.17, 15) is 14.4 Å². The summed E-state index contributed by atoms with van der Waals surface area (Å²) in [5.74, 6) is -0.574. The molecule has 8 nitrogen and oxygen atoms in total. The lowest BCUT2D eigenvalue weighted by Gasteiger charge is -2.46. The molecule has 0 unspecified atom stereocenters. The van der Waals surface area contributed by atoms with Crippen LogP contribution < -0.4 is 5.32 Å². The fraction of sp³-hybridized carbons (Fsp3) is 0.286. The van der Waals surface area contributed by atoms with E-state index in [-0.39, 0.29) is 12.6 Å². The summed E-state index contributed by atoms with van der Waals surface area (Å²) >= 11 is 0. The van der Waals surface area contributed by atoms with Crippen molar-refractivity contribution in [1.29, 1.82) is 0 Å². The van der Waals surface area contributed by atoms with Crippen molar-refractivity contribution in [2.75, 3.05) is 27.7 Å². The molecule has 150 valence electrons.